The lowest BCUT2D eigenvalue weighted by Crippen LogP contribution is -2.35. The molecule has 1 aromatic rings. The van der Waals surface area contributed by atoms with Gasteiger partial charge in [-0.05, 0) is 31.5 Å². The van der Waals surface area contributed by atoms with Crippen LogP contribution in [0.5, 0.6) is 0 Å². The van der Waals surface area contributed by atoms with E-state index in [2.05, 4.69) is 0 Å². The summed E-state index contributed by atoms with van der Waals surface area (Å²) in [6.45, 7) is 4.32. The number of primary amides is 1. The molecule has 106 valence electrons. The minimum atomic E-state index is -0.803. The number of hydrogen-bond acceptors (Lipinski definition) is 3. The van der Waals surface area contributed by atoms with Gasteiger partial charge in [0.2, 0.25) is 5.91 Å². The van der Waals surface area contributed by atoms with E-state index in [0.29, 0.717) is 17.8 Å². The van der Waals surface area contributed by atoms with Crippen LogP contribution in [0.15, 0.2) is 18.2 Å². The van der Waals surface area contributed by atoms with Gasteiger partial charge in [-0.3, -0.25) is 4.79 Å². The zero-order chi connectivity index (χ0) is 14.4. The van der Waals surface area contributed by atoms with Crippen LogP contribution in [0.25, 0.3) is 0 Å². The van der Waals surface area contributed by atoms with Crippen LogP contribution in [-0.2, 0) is 4.79 Å². The van der Waals surface area contributed by atoms with Crippen LogP contribution in [0, 0.1) is 5.82 Å². The summed E-state index contributed by atoms with van der Waals surface area (Å²) in [5.41, 5.74) is 6.37. The highest BCUT2D eigenvalue weighted by Crippen LogP contribution is 2.27. The van der Waals surface area contributed by atoms with Crippen molar-refractivity contribution < 1.29 is 14.3 Å². The van der Waals surface area contributed by atoms with Crippen molar-refractivity contribution in [1.82, 2.24) is 0 Å². The summed E-state index contributed by atoms with van der Waals surface area (Å²) in [7, 11) is 0. The molecular weight excluding hydrogens is 247 g/mol. The van der Waals surface area contributed by atoms with E-state index in [0.717, 1.165) is 12.8 Å². The normalized spacial score (nSPS) is 12.2. The van der Waals surface area contributed by atoms with Gasteiger partial charge in [0, 0.05) is 17.8 Å². The largest absolute Gasteiger partial charge is 0.389 e. The van der Waals surface area contributed by atoms with Crippen molar-refractivity contribution in [2.45, 2.75) is 32.8 Å². The summed E-state index contributed by atoms with van der Waals surface area (Å²) in [6, 6.07) is 4.19. The average Bonchev–Trinajstić information content (AvgIpc) is 2.34. The molecule has 19 heavy (non-hydrogen) atoms. The van der Waals surface area contributed by atoms with Gasteiger partial charge in [0.05, 0.1) is 12.6 Å². The van der Waals surface area contributed by atoms with Gasteiger partial charge in [-0.1, -0.05) is 13.3 Å². The number of aliphatic hydroxyl groups is 1. The first kappa shape index (κ1) is 15.4. The van der Waals surface area contributed by atoms with Gasteiger partial charge in [-0.25, -0.2) is 4.39 Å². The van der Waals surface area contributed by atoms with Crippen LogP contribution in [0.4, 0.5) is 10.1 Å². The predicted octanol–water partition coefficient (Wildman–Crippen LogP) is 1.97. The molecule has 0 saturated heterocycles. The molecule has 0 radical (unpaired) electrons. The lowest BCUT2D eigenvalue weighted by molar-refractivity contribution is -0.116. The van der Waals surface area contributed by atoms with E-state index in [9.17, 15) is 14.3 Å². The molecule has 0 aromatic heterocycles. The molecule has 1 amide bonds. The first-order valence-corrected chi connectivity index (χ1v) is 6.46. The number of benzene rings is 1. The molecule has 0 spiro atoms. The first-order valence-electron chi connectivity index (χ1n) is 6.46. The molecule has 0 fully saturated rings. The number of anilines is 1. The number of carbonyl (C=O) groups is 1. The van der Waals surface area contributed by atoms with Gasteiger partial charge in [-0.15, -0.1) is 0 Å². The Bertz CT molecular complexity index is 435. The molecule has 1 atom stereocenters. The van der Waals surface area contributed by atoms with Crippen molar-refractivity contribution in [2.24, 2.45) is 5.73 Å². The second-order valence-electron chi connectivity index (χ2n) is 4.62. The fraction of sp³-hybridized carbons (Fsp3) is 0.500. The minimum absolute atomic E-state index is 0.0609. The lowest BCUT2D eigenvalue weighted by Gasteiger charge is -2.26. The molecule has 0 aliphatic carbocycles. The van der Waals surface area contributed by atoms with Crippen molar-refractivity contribution in [1.29, 1.82) is 0 Å². The summed E-state index contributed by atoms with van der Waals surface area (Å²) in [5.74, 6) is -0.855. The Labute approximate surface area is 113 Å². The highest BCUT2D eigenvalue weighted by Gasteiger charge is 2.16. The van der Waals surface area contributed by atoms with Crippen LogP contribution < -0.4 is 10.6 Å². The molecule has 5 heteroatoms. The lowest BCUT2D eigenvalue weighted by atomic mass is 10.1. The molecule has 0 saturated carbocycles. The Morgan fingerprint density at radius 2 is 2.21 bits per heavy atom. The van der Waals surface area contributed by atoms with Crippen molar-refractivity contribution in [3.8, 4) is 0 Å². The van der Waals surface area contributed by atoms with Crippen molar-refractivity contribution in [2.75, 3.05) is 18.0 Å². The molecule has 0 bridgehead atoms. The van der Waals surface area contributed by atoms with Crippen molar-refractivity contribution in [3.63, 3.8) is 0 Å². The van der Waals surface area contributed by atoms with Crippen molar-refractivity contribution in [3.05, 3.63) is 29.6 Å². The van der Waals surface area contributed by atoms with Gasteiger partial charge < -0.3 is 15.7 Å². The van der Waals surface area contributed by atoms with Crippen LogP contribution in [0.1, 0.15) is 38.4 Å². The maximum absolute atomic E-state index is 13.3. The van der Waals surface area contributed by atoms with E-state index in [-0.39, 0.29) is 6.54 Å². The monoisotopic (exact) mass is 268 g/mol. The summed E-state index contributed by atoms with van der Waals surface area (Å²) in [6.07, 6.45) is 1.06. The Morgan fingerprint density at radius 1 is 1.53 bits per heavy atom. The number of amides is 1. The van der Waals surface area contributed by atoms with Crippen LogP contribution in [-0.4, -0.2) is 24.1 Å². The Morgan fingerprint density at radius 3 is 2.74 bits per heavy atom. The van der Waals surface area contributed by atoms with Crippen molar-refractivity contribution >= 4 is 11.6 Å². The Hall–Kier alpha value is -1.62. The summed E-state index contributed by atoms with van der Waals surface area (Å²) in [5, 5.41) is 9.73. The number of rotatable bonds is 7. The topological polar surface area (TPSA) is 66.6 Å². The summed E-state index contributed by atoms with van der Waals surface area (Å²) >= 11 is 0. The van der Waals surface area contributed by atoms with Crippen LogP contribution in [0.3, 0.4) is 0 Å². The minimum Gasteiger partial charge on any atom is -0.389 e. The second kappa shape index (κ2) is 7.09. The highest BCUT2D eigenvalue weighted by molar-refractivity contribution is 5.80. The molecule has 1 aromatic carbocycles. The van der Waals surface area contributed by atoms with E-state index >= 15 is 0 Å². The third-order valence-electron chi connectivity index (χ3n) is 2.91. The number of nitrogens with two attached hydrogens (primary N) is 1. The Balaban J connectivity index is 3.09. The van der Waals surface area contributed by atoms with Crippen LogP contribution in [0.2, 0.25) is 0 Å². The summed E-state index contributed by atoms with van der Waals surface area (Å²) < 4.78 is 13.3. The van der Waals surface area contributed by atoms with Gasteiger partial charge in [0.15, 0.2) is 0 Å². The standard InChI is InChI=1S/C14H21FN2O2/c1-3-4-7-17(9-14(16)19)13-6-5-11(15)8-12(13)10(2)18/h5-6,8,10,18H,3-4,7,9H2,1-2H3,(H2,16,19)/t10-/m1/s1. The number of hydrogen-bond donors (Lipinski definition) is 2. The second-order valence-corrected chi connectivity index (χ2v) is 4.62. The predicted molar refractivity (Wildman–Crippen MR) is 73.3 cm³/mol. The molecule has 4 nitrogen and oxygen atoms in total. The maximum Gasteiger partial charge on any atom is 0.236 e. The molecular formula is C14H21FN2O2. The zero-order valence-corrected chi connectivity index (χ0v) is 11.4. The van der Waals surface area contributed by atoms with Crippen LogP contribution >= 0.6 is 0 Å². The third kappa shape index (κ3) is 4.52. The highest BCUT2D eigenvalue weighted by atomic mass is 19.1. The molecule has 0 heterocycles. The van der Waals surface area contributed by atoms with Gasteiger partial charge in [0.1, 0.15) is 5.82 Å². The molecule has 0 unspecified atom stereocenters. The van der Waals surface area contributed by atoms with E-state index in [1.807, 2.05) is 6.92 Å². The van der Waals surface area contributed by atoms with Gasteiger partial charge in [0.25, 0.3) is 0 Å². The van der Waals surface area contributed by atoms with E-state index in [1.165, 1.54) is 12.1 Å². The third-order valence-corrected chi connectivity index (χ3v) is 2.91. The zero-order valence-electron chi connectivity index (χ0n) is 11.4. The number of carbonyl (C=O) groups excluding carboxylic acids is 1. The molecule has 0 aliphatic heterocycles. The van der Waals surface area contributed by atoms with Gasteiger partial charge >= 0.3 is 0 Å². The quantitative estimate of drug-likeness (QED) is 0.794. The van der Waals surface area contributed by atoms with E-state index in [1.54, 1.807) is 17.9 Å². The number of nitrogens with zero attached hydrogens (tertiary/aromatic N) is 1. The summed E-state index contributed by atoms with van der Waals surface area (Å²) in [4.78, 5) is 12.9. The van der Waals surface area contributed by atoms with E-state index in [4.69, 9.17) is 5.73 Å². The molecule has 3 N–H and O–H groups in total. The average molecular weight is 268 g/mol. The molecule has 1 rings (SSSR count). The smallest absolute Gasteiger partial charge is 0.236 e. The Kier molecular flexibility index (Phi) is 5.76. The fourth-order valence-electron chi connectivity index (χ4n) is 1.97. The molecule has 0 aliphatic rings. The number of halogens is 1. The van der Waals surface area contributed by atoms with Gasteiger partial charge in [-0.2, -0.15) is 0 Å². The van der Waals surface area contributed by atoms with E-state index < -0.39 is 17.8 Å². The fourth-order valence-corrected chi connectivity index (χ4v) is 1.97. The number of aliphatic hydroxyl groups excluding tert-OH is 1. The number of unbranched alkanes of at least 4 members (excludes halogenated alkanes) is 1. The maximum atomic E-state index is 13.3. The first-order chi connectivity index (χ1) is 8.95. The SMILES string of the molecule is CCCCN(CC(N)=O)c1ccc(F)cc1[C@@H](C)O.